The van der Waals surface area contributed by atoms with Gasteiger partial charge in [-0.25, -0.2) is 13.2 Å². The predicted molar refractivity (Wildman–Crippen MR) is 74.9 cm³/mol. The topological polar surface area (TPSA) is 17.1 Å². The lowest BCUT2D eigenvalue weighted by atomic mass is 9.98. The highest BCUT2D eigenvalue weighted by atomic mass is 19.2. The van der Waals surface area contributed by atoms with E-state index < -0.39 is 23.2 Å². The molecule has 0 saturated heterocycles. The van der Waals surface area contributed by atoms with Gasteiger partial charge in [-0.3, -0.25) is 4.79 Å². The van der Waals surface area contributed by atoms with Gasteiger partial charge < -0.3 is 0 Å². The predicted octanol–water partition coefficient (Wildman–Crippen LogP) is 4.54. The largest absolute Gasteiger partial charge is 0.294 e. The molecule has 2 aromatic carbocycles. The Bertz CT molecular complexity index is 669. The number of carbonyl (C=O) groups excluding carboxylic acids is 1. The molecular formula is C17H15F3O. The van der Waals surface area contributed by atoms with Crippen LogP contribution in [0.25, 0.3) is 0 Å². The summed E-state index contributed by atoms with van der Waals surface area (Å²) in [6.45, 7) is 3.93. The van der Waals surface area contributed by atoms with Gasteiger partial charge in [-0.1, -0.05) is 23.8 Å². The molecule has 0 radical (unpaired) electrons. The third-order valence-electron chi connectivity index (χ3n) is 3.43. The molecule has 0 heterocycles. The minimum atomic E-state index is -1.55. The zero-order valence-corrected chi connectivity index (χ0v) is 11.8. The highest BCUT2D eigenvalue weighted by Crippen LogP contribution is 2.17. The maximum atomic E-state index is 13.1. The van der Waals surface area contributed by atoms with Crippen LogP contribution in [0.3, 0.4) is 0 Å². The lowest BCUT2D eigenvalue weighted by Gasteiger charge is -2.07. The molecule has 0 atom stereocenters. The molecule has 0 spiro atoms. The van der Waals surface area contributed by atoms with Gasteiger partial charge in [0.05, 0.1) is 0 Å². The summed E-state index contributed by atoms with van der Waals surface area (Å²) < 4.78 is 39.1. The van der Waals surface area contributed by atoms with E-state index in [1.165, 1.54) is 0 Å². The van der Waals surface area contributed by atoms with E-state index in [-0.39, 0.29) is 12.0 Å². The van der Waals surface area contributed by atoms with Gasteiger partial charge in [-0.2, -0.15) is 0 Å². The quantitative estimate of drug-likeness (QED) is 0.597. The number of benzene rings is 2. The first kappa shape index (κ1) is 15.3. The fourth-order valence-electron chi connectivity index (χ4n) is 2.24. The SMILES string of the molecule is Cc1ccc(CCC(=O)c2cc(F)c(F)c(F)c2)c(C)c1. The molecule has 0 unspecified atom stereocenters. The van der Waals surface area contributed by atoms with Crippen molar-refractivity contribution in [2.24, 2.45) is 0 Å². The average Bonchev–Trinajstić information content (AvgIpc) is 2.43. The molecule has 110 valence electrons. The van der Waals surface area contributed by atoms with E-state index in [1.54, 1.807) is 0 Å². The number of ketones is 1. The number of Topliss-reactive ketones (excluding diaryl/α,β-unsaturated/α-hetero) is 1. The van der Waals surface area contributed by atoms with Gasteiger partial charge in [0.15, 0.2) is 23.2 Å². The summed E-state index contributed by atoms with van der Waals surface area (Å²) in [6.07, 6.45) is 0.597. The Labute approximate surface area is 121 Å². The molecule has 2 rings (SSSR count). The van der Waals surface area contributed by atoms with Gasteiger partial charge in [0.1, 0.15) is 0 Å². The van der Waals surface area contributed by atoms with Gasteiger partial charge in [-0.05, 0) is 43.5 Å². The molecule has 21 heavy (non-hydrogen) atoms. The van der Waals surface area contributed by atoms with Crippen molar-refractivity contribution in [2.45, 2.75) is 26.7 Å². The second-order valence-corrected chi connectivity index (χ2v) is 5.11. The summed E-state index contributed by atoms with van der Waals surface area (Å²) in [5, 5.41) is 0. The first-order valence-corrected chi connectivity index (χ1v) is 6.62. The van der Waals surface area contributed by atoms with E-state index in [2.05, 4.69) is 0 Å². The normalized spacial score (nSPS) is 10.7. The molecule has 0 saturated carbocycles. The van der Waals surface area contributed by atoms with Crippen molar-refractivity contribution < 1.29 is 18.0 Å². The van der Waals surface area contributed by atoms with Crippen LogP contribution in [0, 0.1) is 31.3 Å². The Kier molecular flexibility index (Phi) is 4.46. The Morgan fingerprint density at radius 1 is 1.00 bits per heavy atom. The van der Waals surface area contributed by atoms with E-state index >= 15 is 0 Å². The van der Waals surface area contributed by atoms with E-state index in [0.29, 0.717) is 6.42 Å². The third kappa shape index (κ3) is 3.51. The molecular weight excluding hydrogens is 277 g/mol. The molecule has 1 nitrogen and oxygen atoms in total. The van der Waals surface area contributed by atoms with Crippen LogP contribution in [0.5, 0.6) is 0 Å². The number of hydrogen-bond donors (Lipinski definition) is 0. The summed E-state index contributed by atoms with van der Waals surface area (Å²) in [7, 11) is 0. The average molecular weight is 292 g/mol. The maximum Gasteiger partial charge on any atom is 0.194 e. The second kappa shape index (κ2) is 6.12. The first-order valence-electron chi connectivity index (χ1n) is 6.62. The second-order valence-electron chi connectivity index (χ2n) is 5.11. The molecule has 4 heteroatoms. The summed E-state index contributed by atoms with van der Waals surface area (Å²) in [4.78, 5) is 12.0. The molecule has 0 amide bonds. The standard InChI is InChI=1S/C17H15F3O/c1-10-3-4-12(11(2)7-10)5-6-16(21)13-8-14(18)17(20)15(19)9-13/h3-4,7-9H,5-6H2,1-2H3. The third-order valence-corrected chi connectivity index (χ3v) is 3.43. The van der Waals surface area contributed by atoms with Crippen LogP contribution in [0.4, 0.5) is 13.2 Å². The zero-order chi connectivity index (χ0) is 15.6. The van der Waals surface area contributed by atoms with Gasteiger partial charge in [0.2, 0.25) is 0 Å². The van der Waals surface area contributed by atoms with Crippen LogP contribution in [-0.2, 0) is 6.42 Å². The molecule has 0 aromatic heterocycles. The first-order chi connectivity index (χ1) is 9.88. The molecule has 2 aromatic rings. The van der Waals surface area contributed by atoms with Gasteiger partial charge in [0, 0.05) is 12.0 Å². The summed E-state index contributed by atoms with van der Waals surface area (Å²) in [5.74, 6) is -4.65. The zero-order valence-electron chi connectivity index (χ0n) is 11.8. The number of rotatable bonds is 4. The summed E-state index contributed by atoms with van der Waals surface area (Å²) in [5.41, 5.74) is 3.07. The Balaban J connectivity index is 2.12. The molecule has 0 fully saturated rings. The number of aryl methyl sites for hydroxylation is 3. The van der Waals surface area contributed by atoms with Gasteiger partial charge in [0.25, 0.3) is 0 Å². The Morgan fingerprint density at radius 3 is 2.19 bits per heavy atom. The van der Waals surface area contributed by atoms with Crippen LogP contribution >= 0.6 is 0 Å². The lowest BCUT2D eigenvalue weighted by Crippen LogP contribution is -2.05. The van der Waals surface area contributed by atoms with Gasteiger partial charge >= 0.3 is 0 Å². The van der Waals surface area contributed by atoms with Crippen molar-refractivity contribution in [2.75, 3.05) is 0 Å². The van der Waals surface area contributed by atoms with E-state index in [0.717, 1.165) is 28.8 Å². The lowest BCUT2D eigenvalue weighted by molar-refractivity contribution is 0.0981. The van der Waals surface area contributed by atoms with Crippen LogP contribution < -0.4 is 0 Å². The molecule has 0 bridgehead atoms. The summed E-state index contributed by atoms with van der Waals surface area (Å²) >= 11 is 0. The van der Waals surface area contributed by atoms with Crippen molar-refractivity contribution >= 4 is 5.78 Å². The van der Waals surface area contributed by atoms with E-state index in [1.807, 2.05) is 32.0 Å². The fraction of sp³-hybridized carbons (Fsp3) is 0.235. The fourth-order valence-corrected chi connectivity index (χ4v) is 2.24. The van der Waals surface area contributed by atoms with Crippen molar-refractivity contribution in [1.82, 2.24) is 0 Å². The number of hydrogen-bond acceptors (Lipinski definition) is 1. The van der Waals surface area contributed by atoms with Crippen LogP contribution in [0.2, 0.25) is 0 Å². The monoisotopic (exact) mass is 292 g/mol. The maximum absolute atomic E-state index is 13.1. The number of carbonyl (C=O) groups is 1. The smallest absolute Gasteiger partial charge is 0.194 e. The molecule has 0 aliphatic carbocycles. The molecule has 0 N–H and O–H groups in total. The van der Waals surface area contributed by atoms with E-state index in [4.69, 9.17) is 0 Å². The molecule has 0 aliphatic rings. The van der Waals surface area contributed by atoms with Crippen molar-refractivity contribution in [3.8, 4) is 0 Å². The highest BCUT2D eigenvalue weighted by Gasteiger charge is 2.15. The van der Waals surface area contributed by atoms with Gasteiger partial charge in [-0.15, -0.1) is 0 Å². The minimum absolute atomic E-state index is 0.119. The Morgan fingerprint density at radius 2 is 1.62 bits per heavy atom. The Hall–Kier alpha value is -2.10. The number of halogens is 3. The highest BCUT2D eigenvalue weighted by molar-refractivity contribution is 5.96. The molecule has 0 aliphatic heterocycles. The van der Waals surface area contributed by atoms with Crippen molar-refractivity contribution in [1.29, 1.82) is 0 Å². The van der Waals surface area contributed by atoms with Crippen molar-refractivity contribution in [3.63, 3.8) is 0 Å². The van der Waals surface area contributed by atoms with E-state index in [9.17, 15) is 18.0 Å². The van der Waals surface area contributed by atoms with Crippen LogP contribution in [-0.4, -0.2) is 5.78 Å². The van der Waals surface area contributed by atoms with Crippen LogP contribution in [0.15, 0.2) is 30.3 Å². The van der Waals surface area contributed by atoms with Crippen molar-refractivity contribution in [3.05, 3.63) is 70.0 Å². The minimum Gasteiger partial charge on any atom is -0.294 e. The van der Waals surface area contributed by atoms with Crippen LogP contribution in [0.1, 0.15) is 33.5 Å². The summed E-state index contributed by atoms with van der Waals surface area (Å²) in [6, 6.07) is 7.37.